The van der Waals surface area contributed by atoms with E-state index in [-0.39, 0.29) is 0 Å². The summed E-state index contributed by atoms with van der Waals surface area (Å²) in [7, 11) is 0. The maximum absolute atomic E-state index is 10.4. The van der Waals surface area contributed by atoms with Gasteiger partial charge in [-0.05, 0) is 108 Å². The molecule has 4 heterocycles. The fourth-order valence-corrected chi connectivity index (χ4v) is 10.6. The summed E-state index contributed by atoms with van der Waals surface area (Å²) in [4.78, 5) is 4.72. The first-order chi connectivity index (χ1) is 32.3. The van der Waals surface area contributed by atoms with Crippen LogP contribution in [0, 0.1) is 0 Å². The molecule has 0 amide bonds. The maximum Gasteiger partial charge on any atom is 0.0653 e. The Kier molecular flexibility index (Phi) is 7.51. The number of fused-ring (bicyclic) bond motifs is 12. The van der Waals surface area contributed by atoms with E-state index < -0.39 is 0 Å². The molecule has 0 spiro atoms. The Morgan fingerprint density at radius 1 is 0.344 bits per heavy atom. The summed E-state index contributed by atoms with van der Waals surface area (Å²) in [5.74, 6) is 0.846. The van der Waals surface area contributed by atoms with Gasteiger partial charge >= 0.3 is 0 Å². The van der Waals surface area contributed by atoms with E-state index >= 15 is 0 Å². The zero-order valence-electron chi connectivity index (χ0n) is 38.3. The van der Waals surface area contributed by atoms with Gasteiger partial charge in [-0.3, -0.25) is 0 Å². The first kappa shape index (κ1) is 34.7. The Labute approximate surface area is 374 Å². The summed E-state index contributed by atoms with van der Waals surface area (Å²) in [6.45, 7) is 8.93. The van der Waals surface area contributed by atoms with Crippen molar-refractivity contribution in [2.45, 2.75) is 39.5 Å². The Hall–Kier alpha value is -7.82. The van der Waals surface area contributed by atoms with Gasteiger partial charge in [0.2, 0.25) is 0 Å². The smallest absolute Gasteiger partial charge is 0.0653 e. The summed E-state index contributed by atoms with van der Waals surface area (Å²) in [5, 5.41) is 8.02. The lowest BCUT2D eigenvalue weighted by atomic mass is 10.0. The number of hydrogen-bond donors (Lipinski definition) is 0. The van der Waals surface area contributed by atoms with Crippen molar-refractivity contribution in [2.75, 3.05) is 9.80 Å². The third-order valence-electron chi connectivity index (χ3n) is 13.7. The number of anilines is 6. The van der Waals surface area contributed by atoms with Gasteiger partial charge in [0.05, 0.1) is 47.2 Å². The van der Waals surface area contributed by atoms with Gasteiger partial charge in [-0.2, -0.15) is 0 Å². The monoisotopic (exact) mass is 824 g/mol. The highest BCUT2D eigenvalue weighted by atomic mass is 15.2. The highest BCUT2D eigenvalue weighted by Gasteiger charge is 2.28. The third kappa shape index (κ3) is 5.17. The minimum atomic E-state index is 0.423. The SMILES string of the molecule is [2H]c1c2c3ccc(N(c4ccccc4)c4ccc(C(C)C)cc4)c4c5ccccc5n(c2c([2H])c2c5ccc(N(c6ccccc6)c6ccc(C(C)C)cc6)c6c7ccccc7n(c12)c56)c34. The van der Waals surface area contributed by atoms with Crippen LogP contribution in [-0.2, 0) is 0 Å². The second kappa shape index (κ2) is 13.8. The number of nitrogens with zero attached hydrogens (tertiary/aromatic N) is 4. The summed E-state index contributed by atoms with van der Waals surface area (Å²) < 4.78 is 25.4. The van der Waals surface area contributed by atoms with Crippen molar-refractivity contribution in [1.82, 2.24) is 8.80 Å². The molecule has 0 saturated heterocycles. The predicted octanol–water partition coefficient (Wildman–Crippen LogP) is 17.2. The molecular weight excluding hydrogens is 777 g/mol. The highest BCUT2D eigenvalue weighted by molar-refractivity contribution is 6.32. The van der Waals surface area contributed by atoms with Crippen molar-refractivity contribution in [3.8, 4) is 0 Å². The van der Waals surface area contributed by atoms with Crippen molar-refractivity contribution in [2.24, 2.45) is 0 Å². The van der Waals surface area contributed by atoms with Crippen LogP contribution in [0.3, 0.4) is 0 Å². The molecule has 0 bridgehead atoms. The van der Waals surface area contributed by atoms with Crippen LogP contribution < -0.4 is 9.80 Å². The molecule has 4 aromatic heterocycles. The lowest BCUT2D eigenvalue weighted by molar-refractivity contribution is 0.866. The second-order valence-electron chi connectivity index (χ2n) is 17.9. The van der Waals surface area contributed by atoms with Crippen LogP contribution in [-0.4, -0.2) is 8.80 Å². The largest absolute Gasteiger partial charge is 0.310 e. The molecule has 13 rings (SSSR count). The van der Waals surface area contributed by atoms with Crippen LogP contribution in [0.25, 0.3) is 76.2 Å². The average Bonchev–Trinajstić information content (AvgIpc) is 4.09. The van der Waals surface area contributed by atoms with E-state index in [9.17, 15) is 2.74 Å². The van der Waals surface area contributed by atoms with Crippen LogP contribution in [0.1, 0.15) is 53.4 Å². The van der Waals surface area contributed by atoms with Crippen molar-refractivity contribution in [3.63, 3.8) is 0 Å². The van der Waals surface area contributed by atoms with Gasteiger partial charge in [0, 0.05) is 65.8 Å². The van der Waals surface area contributed by atoms with E-state index in [4.69, 9.17) is 0 Å². The number of benzene rings is 9. The van der Waals surface area contributed by atoms with Crippen molar-refractivity contribution in [3.05, 3.63) is 205 Å². The molecule has 0 saturated carbocycles. The first-order valence-electron chi connectivity index (χ1n) is 23.5. The van der Waals surface area contributed by atoms with Crippen molar-refractivity contribution >= 4 is 110 Å². The first-order valence-corrected chi connectivity index (χ1v) is 22.5. The van der Waals surface area contributed by atoms with Crippen LogP contribution in [0.4, 0.5) is 34.1 Å². The quantitative estimate of drug-likeness (QED) is 0.152. The molecule has 0 atom stereocenters. The van der Waals surface area contributed by atoms with Crippen LogP contribution in [0.5, 0.6) is 0 Å². The van der Waals surface area contributed by atoms with E-state index in [1.54, 1.807) is 0 Å². The van der Waals surface area contributed by atoms with E-state index in [1.165, 1.54) is 11.1 Å². The lowest BCUT2D eigenvalue weighted by Gasteiger charge is -2.27. The van der Waals surface area contributed by atoms with Crippen LogP contribution in [0.15, 0.2) is 194 Å². The molecule has 4 nitrogen and oxygen atoms in total. The Bertz CT molecular complexity index is 3740. The van der Waals surface area contributed by atoms with Gasteiger partial charge in [0.15, 0.2) is 0 Å². The predicted molar refractivity (Wildman–Crippen MR) is 273 cm³/mol. The number of rotatable bonds is 8. The molecule has 0 aliphatic carbocycles. The molecule has 0 aliphatic heterocycles. The van der Waals surface area contributed by atoms with Gasteiger partial charge in [0.1, 0.15) is 0 Å². The summed E-state index contributed by atoms with van der Waals surface area (Å²) in [5.41, 5.74) is 14.7. The Morgan fingerprint density at radius 2 is 0.703 bits per heavy atom. The molecular formula is C60H46N4. The molecule has 306 valence electrons. The highest BCUT2D eigenvalue weighted by Crippen LogP contribution is 2.51. The minimum Gasteiger partial charge on any atom is -0.310 e. The third-order valence-corrected chi connectivity index (χ3v) is 13.7. The average molecular weight is 825 g/mol. The maximum atomic E-state index is 10.4. The number of aromatic nitrogens is 2. The zero-order chi connectivity index (χ0) is 44.5. The molecule has 9 aromatic carbocycles. The normalized spacial score (nSPS) is 12.8. The number of hydrogen-bond acceptors (Lipinski definition) is 2. The van der Waals surface area contributed by atoms with Gasteiger partial charge in [-0.1, -0.05) is 137 Å². The molecule has 0 N–H and O–H groups in total. The van der Waals surface area contributed by atoms with E-state index in [1.807, 2.05) is 0 Å². The lowest BCUT2D eigenvalue weighted by Crippen LogP contribution is -2.10. The molecule has 0 radical (unpaired) electrons. The Balaban J connectivity index is 1.13. The molecule has 13 aromatic rings. The molecule has 0 fully saturated rings. The second-order valence-corrected chi connectivity index (χ2v) is 17.9. The fraction of sp³-hybridized carbons (Fsp3) is 0.100. The van der Waals surface area contributed by atoms with E-state index in [2.05, 4.69) is 228 Å². The van der Waals surface area contributed by atoms with Gasteiger partial charge < -0.3 is 18.6 Å². The fourth-order valence-electron chi connectivity index (χ4n) is 10.6. The summed E-state index contributed by atoms with van der Waals surface area (Å²) in [6, 6.07) is 66.0. The summed E-state index contributed by atoms with van der Waals surface area (Å²) >= 11 is 0. The molecule has 64 heavy (non-hydrogen) atoms. The molecule has 0 unspecified atom stereocenters. The van der Waals surface area contributed by atoms with Crippen molar-refractivity contribution < 1.29 is 2.74 Å². The zero-order valence-corrected chi connectivity index (χ0v) is 36.3. The summed E-state index contributed by atoms with van der Waals surface area (Å²) in [6.07, 6.45) is 0. The van der Waals surface area contributed by atoms with Gasteiger partial charge in [0.25, 0.3) is 0 Å². The molecule has 0 aliphatic rings. The topological polar surface area (TPSA) is 15.3 Å². The van der Waals surface area contributed by atoms with E-state index in [0.717, 1.165) is 110 Å². The number of para-hydroxylation sites is 4. The standard InChI is InChI=1S/C60H46N4/c1-37(2)39-23-27-43(28-24-39)61(41-15-7-5-8-16-41)53-33-31-45-49-35-56-50(36-55(49)63-51-21-13-11-19-47(51)57(53)59(45)63)46-32-34-54(58-48-20-12-14-22-52(48)64(56)60(46)58)62(42-17-9-6-10-18-42)44-29-25-40(26-30-44)38(3)4/h5-38H,1-4H3/i35D,36D. The minimum absolute atomic E-state index is 0.423. The Morgan fingerprint density at radius 3 is 1.09 bits per heavy atom. The van der Waals surface area contributed by atoms with Gasteiger partial charge in [-0.15, -0.1) is 0 Å². The molecule has 4 heteroatoms. The van der Waals surface area contributed by atoms with Crippen LogP contribution >= 0.6 is 0 Å². The van der Waals surface area contributed by atoms with Crippen molar-refractivity contribution in [1.29, 1.82) is 0 Å². The van der Waals surface area contributed by atoms with Gasteiger partial charge in [-0.25, -0.2) is 0 Å². The van der Waals surface area contributed by atoms with Crippen LogP contribution in [0.2, 0.25) is 0 Å². The van der Waals surface area contributed by atoms with E-state index in [0.29, 0.717) is 23.9 Å².